The number of amidine groups is 1. The Morgan fingerprint density at radius 3 is 2.34 bits per heavy atom. The van der Waals surface area contributed by atoms with Crippen LogP contribution in [0.3, 0.4) is 0 Å². The van der Waals surface area contributed by atoms with Gasteiger partial charge in [-0.3, -0.25) is 14.5 Å². The van der Waals surface area contributed by atoms with Crippen molar-refractivity contribution in [1.29, 1.82) is 0 Å². The molecule has 0 fully saturated rings. The van der Waals surface area contributed by atoms with E-state index in [0.717, 1.165) is 4.90 Å². The Kier molecular flexibility index (Phi) is 5.66. The topological polar surface area (TPSA) is 61.8 Å². The second-order valence-electron chi connectivity index (χ2n) is 6.40. The van der Waals surface area contributed by atoms with Crippen molar-refractivity contribution < 1.29 is 22.8 Å². The minimum absolute atomic E-state index is 0.0202. The van der Waals surface area contributed by atoms with E-state index in [1.807, 2.05) is 0 Å². The minimum atomic E-state index is -5.16. The summed E-state index contributed by atoms with van der Waals surface area (Å²) in [6.07, 6.45) is -4.76. The molecular weight excluding hydrogens is 407 g/mol. The second kappa shape index (κ2) is 7.87. The second-order valence-corrected chi connectivity index (χ2v) is 6.81. The van der Waals surface area contributed by atoms with Crippen molar-refractivity contribution in [2.45, 2.75) is 25.2 Å². The standard InChI is InChI=1S/C20H17ClF3N3O2/c1-2-12-27-16(13-8-4-3-5-9-13)25-19(18(27)29,20(22,23)24)26-17(28)14-10-6-7-11-15(14)21/h3-11H,2,12H2,1H3,(H,26,28). The van der Waals surface area contributed by atoms with E-state index in [2.05, 4.69) is 4.99 Å². The highest BCUT2D eigenvalue weighted by molar-refractivity contribution is 6.34. The summed E-state index contributed by atoms with van der Waals surface area (Å²) in [4.78, 5) is 30.2. The largest absolute Gasteiger partial charge is 0.442 e. The first kappa shape index (κ1) is 20.9. The van der Waals surface area contributed by atoms with E-state index in [4.69, 9.17) is 11.6 Å². The van der Waals surface area contributed by atoms with E-state index >= 15 is 0 Å². The SMILES string of the molecule is CCCN1C(=O)C(NC(=O)c2ccccc2Cl)(C(F)(F)F)N=C1c1ccccc1. The van der Waals surface area contributed by atoms with Gasteiger partial charge in [-0.1, -0.05) is 61.0 Å². The van der Waals surface area contributed by atoms with E-state index in [0.29, 0.717) is 12.0 Å². The zero-order chi connectivity index (χ0) is 21.2. The Morgan fingerprint density at radius 1 is 1.14 bits per heavy atom. The maximum atomic E-state index is 14.1. The molecule has 2 aromatic carbocycles. The number of nitrogens with one attached hydrogen (secondary N) is 1. The molecule has 29 heavy (non-hydrogen) atoms. The monoisotopic (exact) mass is 423 g/mol. The molecule has 0 saturated heterocycles. The van der Waals surface area contributed by atoms with Gasteiger partial charge in [-0.05, 0) is 18.6 Å². The van der Waals surface area contributed by atoms with Gasteiger partial charge in [0.1, 0.15) is 5.84 Å². The lowest BCUT2D eigenvalue weighted by Crippen LogP contribution is -2.63. The Labute approximate surface area is 170 Å². The molecule has 9 heteroatoms. The van der Waals surface area contributed by atoms with Crippen LogP contribution in [-0.4, -0.2) is 40.9 Å². The van der Waals surface area contributed by atoms with Crippen molar-refractivity contribution in [3.8, 4) is 0 Å². The summed E-state index contributed by atoms with van der Waals surface area (Å²) >= 11 is 5.93. The number of benzene rings is 2. The fourth-order valence-corrected chi connectivity index (χ4v) is 3.23. The molecule has 1 unspecified atom stereocenters. The zero-order valence-electron chi connectivity index (χ0n) is 15.3. The normalized spacial score (nSPS) is 19.3. The number of hydrogen-bond donors (Lipinski definition) is 1. The average molecular weight is 424 g/mol. The summed E-state index contributed by atoms with van der Waals surface area (Å²) in [6, 6.07) is 13.7. The molecule has 3 rings (SSSR count). The number of carbonyl (C=O) groups excluding carboxylic acids is 2. The molecule has 1 heterocycles. The van der Waals surface area contributed by atoms with Gasteiger partial charge in [-0.2, -0.15) is 13.2 Å². The summed E-state index contributed by atoms with van der Waals surface area (Å²) in [5.74, 6) is -2.64. The Balaban J connectivity index is 2.11. The molecule has 0 saturated carbocycles. The van der Waals surface area contributed by atoms with Crippen molar-refractivity contribution in [2.24, 2.45) is 4.99 Å². The fraction of sp³-hybridized carbons (Fsp3) is 0.250. The zero-order valence-corrected chi connectivity index (χ0v) is 16.1. The highest BCUT2D eigenvalue weighted by atomic mass is 35.5. The predicted molar refractivity (Wildman–Crippen MR) is 103 cm³/mol. The third-order valence-corrected chi connectivity index (χ3v) is 4.72. The number of carbonyl (C=O) groups is 2. The first-order chi connectivity index (χ1) is 13.7. The van der Waals surface area contributed by atoms with Crippen LogP contribution in [0, 0.1) is 0 Å². The summed E-state index contributed by atoms with van der Waals surface area (Å²) < 4.78 is 42.4. The van der Waals surface area contributed by atoms with Crippen molar-refractivity contribution in [1.82, 2.24) is 10.2 Å². The fourth-order valence-electron chi connectivity index (χ4n) is 3.01. The van der Waals surface area contributed by atoms with Gasteiger partial charge in [0.05, 0.1) is 10.6 Å². The van der Waals surface area contributed by atoms with Crippen molar-refractivity contribution >= 4 is 29.3 Å². The third kappa shape index (κ3) is 3.72. The highest BCUT2D eigenvalue weighted by Crippen LogP contribution is 2.39. The molecule has 1 aliphatic heterocycles. The molecule has 0 aliphatic carbocycles. The van der Waals surface area contributed by atoms with Gasteiger partial charge in [0.25, 0.3) is 11.8 Å². The number of alkyl halides is 3. The minimum Gasteiger partial charge on any atom is -0.312 e. The summed E-state index contributed by atoms with van der Waals surface area (Å²) in [7, 11) is 0. The molecule has 0 aromatic heterocycles. The van der Waals surface area contributed by atoms with Gasteiger partial charge >= 0.3 is 11.8 Å². The number of halogens is 4. The van der Waals surface area contributed by atoms with Crippen molar-refractivity contribution in [2.75, 3.05) is 6.54 Å². The van der Waals surface area contributed by atoms with Crippen LogP contribution in [0.25, 0.3) is 0 Å². The lowest BCUT2D eigenvalue weighted by Gasteiger charge is -2.29. The predicted octanol–water partition coefficient (Wildman–Crippen LogP) is 4.03. The van der Waals surface area contributed by atoms with Gasteiger partial charge in [0.15, 0.2) is 0 Å². The smallest absolute Gasteiger partial charge is 0.312 e. The summed E-state index contributed by atoms with van der Waals surface area (Å²) in [5, 5.41) is 1.76. The average Bonchev–Trinajstić information content (AvgIpc) is 2.96. The molecule has 5 nitrogen and oxygen atoms in total. The molecule has 0 spiro atoms. The molecule has 2 amide bonds. The van der Waals surface area contributed by atoms with Gasteiger partial charge in [-0.25, -0.2) is 4.99 Å². The lowest BCUT2D eigenvalue weighted by molar-refractivity contribution is -0.196. The lowest BCUT2D eigenvalue weighted by atomic mass is 10.1. The molecule has 1 aliphatic rings. The third-order valence-electron chi connectivity index (χ3n) is 4.39. The molecule has 0 bridgehead atoms. The van der Waals surface area contributed by atoms with Crippen molar-refractivity contribution in [3.05, 3.63) is 70.7 Å². The first-order valence-corrected chi connectivity index (χ1v) is 9.20. The molecule has 1 atom stereocenters. The van der Waals surface area contributed by atoms with E-state index in [9.17, 15) is 22.8 Å². The van der Waals surface area contributed by atoms with Crippen molar-refractivity contribution in [3.63, 3.8) is 0 Å². The molecule has 1 N–H and O–H groups in total. The van der Waals surface area contributed by atoms with E-state index in [1.54, 1.807) is 42.6 Å². The Morgan fingerprint density at radius 2 is 1.76 bits per heavy atom. The van der Waals surface area contributed by atoms with E-state index in [-0.39, 0.29) is 23.0 Å². The number of hydrogen-bond acceptors (Lipinski definition) is 3. The first-order valence-electron chi connectivity index (χ1n) is 8.82. The molecule has 2 aromatic rings. The van der Waals surface area contributed by atoms with E-state index in [1.165, 1.54) is 24.3 Å². The van der Waals surface area contributed by atoms with Crippen LogP contribution < -0.4 is 5.32 Å². The number of nitrogens with zero attached hydrogens (tertiary/aromatic N) is 2. The highest BCUT2D eigenvalue weighted by Gasteiger charge is 2.67. The number of aliphatic imine (C=N–C) groups is 1. The van der Waals surface area contributed by atoms with Gasteiger partial charge < -0.3 is 5.32 Å². The Bertz CT molecular complexity index is 963. The van der Waals surface area contributed by atoms with Crippen LogP contribution >= 0.6 is 11.6 Å². The van der Waals surface area contributed by atoms with Crippen LogP contribution in [0.1, 0.15) is 29.3 Å². The summed E-state index contributed by atoms with van der Waals surface area (Å²) in [6.45, 7) is 1.75. The van der Waals surface area contributed by atoms with Gasteiger partial charge in [0, 0.05) is 12.1 Å². The molecule has 152 valence electrons. The van der Waals surface area contributed by atoms with Gasteiger partial charge in [-0.15, -0.1) is 0 Å². The maximum absolute atomic E-state index is 14.1. The van der Waals surface area contributed by atoms with Crippen LogP contribution in [0.4, 0.5) is 13.2 Å². The van der Waals surface area contributed by atoms with E-state index < -0.39 is 23.7 Å². The van der Waals surface area contributed by atoms with Crippen LogP contribution in [0.5, 0.6) is 0 Å². The maximum Gasteiger partial charge on any atom is 0.442 e. The molecule has 0 radical (unpaired) electrons. The Hall–Kier alpha value is -2.87. The number of rotatable bonds is 5. The van der Waals surface area contributed by atoms with Gasteiger partial charge in [0.2, 0.25) is 0 Å². The van der Waals surface area contributed by atoms with Crippen LogP contribution in [0.2, 0.25) is 5.02 Å². The molecular formula is C20H17ClF3N3O2. The summed E-state index contributed by atoms with van der Waals surface area (Å²) in [5.41, 5.74) is -3.27. The quantitative estimate of drug-likeness (QED) is 0.789. The van der Waals surface area contributed by atoms with Crippen LogP contribution in [0.15, 0.2) is 59.6 Å². The number of amides is 2. The van der Waals surface area contributed by atoms with Crippen LogP contribution in [-0.2, 0) is 4.79 Å².